The molecule has 0 aliphatic carbocycles. The van der Waals surface area contributed by atoms with E-state index < -0.39 is 11.1 Å². The van der Waals surface area contributed by atoms with E-state index in [1.807, 2.05) is 0 Å². The third kappa shape index (κ3) is 2.05. The topological polar surface area (TPSA) is 69.2 Å². The van der Waals surface area contributed by atoms with Gasteiger partial charge >= 0.3 is 0 Å². The molecule has 1 rings (SSSR count). The minimum Gasteiger partial charge on any atom is -0.327 e. The number of benzene rings is 1. The summed E-state index contributed by atoms with van der Waals surface area (Å²) in [6.45, 7) is 1.53. The summed E-state index contributed by atoms with van der Waals surface area (Å²) in [5.74, 6) is 0. The Bertz CT molecular complexity index is 355. The van der Waals surface area contributed by atoms with E-state index in [-0.39, 0.29) is 12.2 Å². The van der Waals surface area contributed by atoms with Crippen molar-refractivity contribution in [2.24, 2.45) is 5.73 Å². The Labute approximate surface area is 80.7 Å². The van der Waals surface area contributed by atoms with Crippen molar-refractivity contribution in [3.63, 3.8) is 0 Å². The lowest BCUT2D eigenvalue weighted by Crippen LogP contribution is -2.09. The van der Waals surface area contributed by atoms with Crippen LogP contribution in [0.5, 0.6) is 0 Å². The predicted octanol–water partition coefficient (Wildman–Crippen LogP) is 1.87. The number of nitrogens with zero attached hydrogens (tertiary/aromatic N) is 1. The highest BCUT2D eigenvalue weighted by molar-refractivity contribution is 5.40. The van der Waals surface area contributed by atoms with Gasteiger partial charge in [0.25, 0.3) is 5.69 Å². The molecule has 0 aliphatic rings. The van der Waals surface area contributed by atoms with Crippen LogP contribution in [0.1, 0.15) is 17.3 Å². The van der Waals surface area contributed by atoms with Crippen molar-refractivity contribution in [2.75, 3.05) is 6.54 Å². The standard InChI is InChI=1S/C9H11FN2O2/c1-6-2-3-7(12(13)14)4-8(6)9(10)5-11/h2-4,9H,5,11H2,1H3. The number of halogens is 1. The van der Waals surface area contributed by atoms with Crippen LogP contribution in [-0.4, -0.2) is 11.5 Å². The van der Waals surface area contributed by atoms with Crippen molar-refractivity contribution in [3.8, 4) is 0 Å². The largest absolute Gasteiger partial charge is 0.327 e. The van der Waals surface area contributed by atoms with Gasteiger partial charge in [0.2, 0.25) is 0 Å². The average molecular weight is 198 g/mol. The second kappa shape index (κ2) is 4.15. The van der Waals surface area contributed by atoms with Crippen molar-refractivity contribution < 1.29 is 9.31 Å². The molecule has 14 heavy (non-hydrogen) atoms. The molecule has 4 nitrogen and oxygen atoms in total. The number of nitro benzene ring substituents is 1. The van der Waals surface area contributed by atoms with E-state index in [2.05, 4.69) is 0 Å². The van der Waals surface area contributed by atoms with Gasteiger partial charge in [-0.3, -0.25) is 10.1 Å². The zero-order valence-electron chi connectivity index (χ0n) is 7.74. The molecule has 0 amide bonds. The fourth-order valence-electron chi connectivity index (χ4n) is 1.21. The maximum absolute atomic E-state index is 13.2. The van der Waals surface area contributed by atoms with E-state index in [9.17, 15) is 14.5 Å². The van der Waals surface area contributed by atoms with E-state index in [0.717, 1.165) is 0 Å². The normalized spacial score (nSPS) is 12.5. The van der Waals surface area contributed by atoms with Crippen LogP contribution < -0.4 is 5.73 Å². The third-order valence-electron chi connectivity index (χ3n) is 2.02. The lowest BCUT2D eigenvalue weighted by Gasteiger charge is -2.08. The molecule has 0 fully saturated rings. The van der Waals surface area contributed by atoms with Gasteiger partial charge in [0, 0.05) is 18.7 Å². The molecule has 0 saturated carbocycles. The number of aryl methyl sites for hydroxylation is 1. The Morgan fingerprint density at radius 2 is 2.29 bits per heavy atom. The molecule has 0 spiro atoms. The summed E-state index contributed by atoms with van der Waals surface area (Å²) in [6.07, 6.45) is -1.34. The summed E-state index contributed by atoms with van der Waals surface area (Å²) < 4.78 is 13.2. The number of non-ortho nitro benzene ring substituents is 1. The first kappa shape index (κ1) is 10.6. The van der Waals surface area contributed by atoms with Crippen molar-refractivity contribution in [2.45, 2.75) is 13.1 Å². The van der Waals surface area contributed by atoms with E-state index in [4.69, 9.17) is 5.73 Å². The Hall–Kier alpha value is -1.49. The predicted molar refractivity (Wildman–Crippen MR) is 50.7 cm³/mol. The van der Waals surface area contributed by atoms with Crippen molar-refractivity contribution >= 4 is 5.69 Å². The van der Waals surface area contributed by atoms with Gasteiger partial charge in [-0.15, -0.1) is 0 Å². The van der Waals surface area contributed by atoms with E-state index in [0.29, 0.717) is 11.1 Å². The molecular formula is C9H11FN2O2. The van der Waals surface area contributed by atoms with Gasteiger partial charge < -0.3 is 5.73 Å². The second-order valence-electron chi connectivity index (χ2n) is 3.00. The minimum atomic E-state index is -1.34. The SMILES string of the molecule is Cc1ccc([N+](=O)[O-])cc1C(F)CN. The fourth-order valence-corrected chi connectivity index (χ4v) is 1.21. The van der Waals surface area contributed by atoms with Gasteiger partial charge in [-0.05, 0) is 18.1 Å². The second-order valence-corrected chi connectivity index (χ2v) is 3.00. The molecule has 0 aromatic heterocycles. The number of alkyl halides is 1. The molecule has 2 N–H and O–H groups in total. The molecular weight excluding hydrogens is 187 g/mol. The molecule has 1 aromatic carbocycles. The molecule has 0 aliphatic heterocycles. The smallest absolute Gasteiger partial charge is 0.269 e. The molecule has 1 atom stereocenters. The van der Waals surface area contributed by atoms with Crippen LogP contribution in [0, 0.1) is 17.0 Å². The molecule has 0 heterocycles. The Kier molecular flexibility index (Phi) is 3.14. The maximum Gasteiger partial charge on any atom is 0.269 e. The zero-order chi connectivity index (χ0) is 10.7. The van der Waals surface area contributed by atoms with E-state index in [1.54, 1.807) is 6.92 Å². The highest BCUT2D eigenvalue weighted by atomic mass is 19.1. The summed E-state index contributed by atoms with van der Waals surface area (Å²) in [4.78, 5) is 9.88. The van der Waals surface area contributed by atoms with Crippen molar-refractivity contribution in [1.82, 2.24) is 0 Å². The highest BCUT2D eigenvalue weighted by Crippen LogP contribution is 2.24. The van der Waals surface area contributed by atoms with Crippen molar-refractivity contribution in [1.29, 1.82) is 0 Å². The first-order chi connectivity index (χ1) is 6.56. The van der Waals surface area contributed by atoms with Crippen molar-refractivity contribution in [3.05, 3.63) is 39.4 Å². The summed E-state index contributed by atoms with van der Waals surface area (Å²) in [6, 6.07) is 4.10. The molecule has 0 saturated heterocycles. The third-order valence-corrected chi connectivity index (χ3v) is 2.02. The van der Waals surface area contributed by atoms with Gasteiger partial charge in [0.15, 0.2) is 0 Å². The van der Waals surface area contributed by atoms with Gasteiger partial charge in [-0.1, -0.05) is 6.07 Å². The minimum absolute atomic E-state index is 0.110. The Morgan fingerprint density at radius 1 is 1.64 bits per heavy atom. The molecule has 5 heteroatoms. The molecule has 0 bridgehead atoms. The van der Waals surface area contributed by atoms with Crippen LogP contribution in [0.3, 0.4) is 0 Å². The Balaban J connectivity index is 3.14. The first-order valence-corrected chi connectivity index (χ1v) is 4.15. The number of hydrogen-bond donors (Lipinski definition) is 1. The molecule has 0 radical (unpaired) electrons. The van der Waals surface area contributed by atoms with E-state index >= 15 is 0 Å². The summed E-state index contributed by atoms with van der Waals surface area (Å²) >= 11 is 0. The summed E-state index contributed by atoms with van der Waals surface area (Å²) in [5.41, 5.74) is 6.01. The first-order valence-electron chi connectivity index (χ1n) is 4.15. The molecule has 1 aromatic rings. The maximum atomic E-state index is 13.2. The van der Waals surface area contributed by atoms with Crippen LogP contribution in [0.4, 0.5) is 10.1 Å². The molecule has 76 valence electrons. The summed E-state index contributed by atoms with van der Waals surface area (Å²) in [5, 5.41) is 10.4. The fraction of sp³-hybridized carbons (Fsp3) is 0.333. The van der Waals surface area contributed by atoms with Crippen LogP contribution in [0.15, 0.2) is 18.2 Å². The van der Waals surface area contributed by atoms with Gasteiger partial charge in [-0.2, -0.15) is 0 Å². The lowest BCUT2D eigenvalue weighted by atomic mass is 10.0. The highest BCUT2D eigenvalue weighted by Gasteiger charge is 2.14. The van der Waals surface area contributed by atoms with Crippen LogP contribution in [-0.2, 0) is 0 Å². The van der Waals surface area contributed by atoms with Gasteiger partial charge in [0.1, 0.15) is 6.17 Å². The van der Waals surface area contributed by atoms with Gasteiger partial charge in [-0.25, -0.2) is 4.39 Å². The zero-order valence-corrected chi connectivity index (χ0v) is 7.74. The van der Waals surface area contributed by atoms with Crippen LogP contribution in [0.25, 0.3) is 0 Å². The van der Waals surface area contributed by atoms with Crippen LogP contribution >= 0.6 is 0 Å². The lowest BCUT2D eigenvalue weighted by molar-refractivity contribution is -0.385. The van der Waals surface area contributed by atoms with Crippen LogP contribution in [0.2, 0.25) is 0 Å². The Morgan fingerprint density at radius 3 is 2.79 bits per heavy atom. The van der Waals surface area contributed by atoms with E-state index in [1.165, 1.54) is 18.2 Å². The average Bonchev–Trinajstić information content (AvgIpc) is 2.17. The number of hydrogen-bond acceptors (Lipinski definition) is 3. The quantitative estimate of drug-likeness (QED) is 0.595. The monoisotopic (exact) mass is 198 g/mol. The number of nitro groups is 1. The van der Waals surface area contributed by atoms with Gasteiger partial charge in [0.05, 0.1) is 4.92 Å². The number of rotatable bonds is 3. The summed E-state index contributed by atoms with van der Waals surface area (Å²) in [7, 11) is 0. The number of nitrogens with two attached hydrogens (primary N) is 1. The molecule has 1 unspecified atom stereocenters.